The van der Waals surface area contributed by atoms with Crippen LogP contribution in [0.4, 0.5) is 11.6 Å². The van der Waals surface area contributed by atoms with E-state index in [4.69, 9.17) is 0 Å². The first-order valence-corrected chi connectivity index (χ1v) is 6.83. The van der Waals surface area contributed by atoms with Gasteiger partial charge in [-0.3, -0.25) is 0 Å². The van der Waals surface area contributed by atoms with Gasteiger partial charge in [-0.2, -0.15) is 8.42 Å². The number of nitrogens with one attached hydrogen (secondary N) is 3. The number of anilines is 2. The fourth-order valence-electron chi connectivity index (χ4n) is 1.43. The lowest BCUT2D eigenvalue weighted by Gasteiger charge is -2.10. The molecule has 0 aliphatic carbocycles. The molecule has 0 atom stereocenters. The number of H-pyrrole nitrogens is 1. The van der Waals surface area contributed by atoms with Crippen molar-refractivity contribution in [1.29, 1.82) is 0 Å². The minimum absolute atomic E-state index is 0.0525. The monoisotopic (exact) mass is 267 g/mol. The molecule has 2 aromatic heterocycles. The van der Waals surface area contributed by atoms with Crippen LogP contribution < -0.4 is 10.0 Å². The highest BCUT2D eigenvalue weighted by Crippen LogP contribution is 2.19. The Morgan fingerprint density at radius 3 is 2.83 bits per heavy atom. The summed E-state index contributed by atoms with van der Waals surface area (Å²) in [5.41, 5.74) is 0.457. The molecule has 8 heteroatoms. The number of aromatic amines is 1. The van der Waals surface area contributed by atoms with Gasteiger partial charge in [-0.05, 0) is 19.1 Å². The van der Waals surface area contributed by atoms with Crippen molar-refractivity contribution in [3.8, 4) is 0 Å². The predicted octanol–water partition coefficient (Wildman–Crippen LogP) is 1.04. The van der Waals surface area contributed by atoms with Gasteiger partial charge in [0.25, 0.3) is 10.0 Å². The fraction of sp³-hybridized carbons (Fsp3) is 0.200. The zero-order valence-electron chi connectivity index (χ0n) is 9.71. The molecule has 18 heavy (non-hydrogen) atoms. The second-order valence-electron chi connectivity index (χ2n) is 3.43. The topological polar surface area (TPSA) is 99.8 Å². The Balaban J connectivity index is 2.35. The zero-order chi connectivity index (χ0) is 13.0. The molecule has 0 amide bonds. The molecular formula is C10H13N5O2S. The average molecular weight is 267 g/mol. The molecular weight excluding hydrogens is 254 g/mol. The number of hydrogen-bond donors (Lipinski definition) is 3. The van der Waals surface area contributed by atoms with E-state index in [1.807, 2.05) is 6.92 Å². The largest absolute Gasteiger partial charge is 0.383 e. The van der Waals surface area contributed by atoms with Crippen LogP contribution in [0.15, 0.2) is 35.7 Å². The minimum Gasteiger partial charge on any atom is -0.383 e. The van der Waals surface area contributed by atoms with Gasteiger partial charge in [0.1, 0.15) is 0 Å². The van der Waals surface area contributed by atoms with E-state index in [9.17, 15) is 8.42 Å². The van der Waals surface area contributed by atoms with Crippen LogP contribution in [-0.2, 0) is 10.0 Å². The van der Waals surface area contributed by atoms with Gasteiger partial charge in [0.15, 0.2) is 5.03 Å². The van der Waals surface area contributed by atoms with Crippen molar-refractivity contribution in [1.82, 2.24) is 15.0 Å². The number of sulfonamides is 1. The first kappa shape index (κ1) is 12.4. The van der Waals surface area contributed by atoms with E-state index >= 15 is 0 Å². The normalized spacial score (nSPS) is 11.2. The van der Waals surface area contributed by atoms with Crippen LogP contribution in [0.2, 0.25) is 0 Å². The van der Waals surface area contributed by atoms with E-state index in [1.54, 1.807) is 12.1 Å². The van der Waals surface area contributed by atoms with Gasteiger partial charge in [-0.15, -0.1) is 0 Å². The molecule has 7 nitrogen and oxygen atoms in total. The summed E-state index contributed by atoms with van der Waals surface area (Å²) in [6, 6.07) is 3.33. The Morgan fingerprint density at radius 1 is 1.33 bits per heavy atom. The van der Waals surface area contributed by atoms with Crippen LogP contribution in [0.25, 0.3) is 0 Å². The zero-order valence-corrected chi connectivity index (χ0v) is 10.5. The van der Waals surface area contributed by atoms with E-state index in [2.05, 4.69) is 25.0 Å². The van der Waals surface area contributed by atoms with Gasteiger partial charge >= 0.3 is 0 Å². The molecule has 0 aliphatic rings. The lowest BCUT2D eigenvalue weighted by atomic mass is 10.4. The fourth-order valence-corrected chi connectivity index (χ4v) is 2.52. The summed E-state index contributed by atoms with van der Waals surface area (Å²) in [7, 11) is -3.75. The molecule has 2 heterocycles. The summed E-state index contributed by atoms with van der Waals surface area (Å²) in [5, 5.41) is 2.90. The van der Waals surface area contributed by atoms with E-state index in [1.165, 1.54) is 18.6 Å². The molecule has 0 unspecified atom stereocenters. The van der Waals surface area contributed by atoms with Crippen LogP contribution in [0.1, 0.15) is 6.92 Å². The molecule has 2 aromatic rings. The van der Waals surface area contributed by atoms with E-state index < -0.39 is 10.0 Å². The molecule has 0 aliphatic heterocycles. The summed E-state index contributed by atoms with van der Waals surface area (Å²) in [6.07, 6.45) is 4.42. The van der Waals surface area contributed by atoms with Crippen molar-refractivity contribution in [2.75, 3.05) is 16.6 Å². The first-order chi connectivity index (χ1) is 8.63. The van der Waals surface area contributed by atoms with Gasteiger partial charge in [0, 0.05) is 25.1 Å². The summed E-state index contributed by atoms with van der Waals surface area (Å²) in [6.45, 7) is 2.48. The van der Waals surface area contributed by atoms with E-state index in [0.717, 1.165) is 0 Å². The van der Waals surface area contributed by atoms with Gasteiger partial charge in [-0.1, -0.05) is 0 Å². The number of nitrogens with zero attached hydrogens (tertiary/aromatic N) is 2. The molecule has 0 aromatic carbocycles. The van der Waals surface area contributed by atoms with Crippen LogP contribution in [0, 0.1) is 0 Å². The third-order valence-electron chi connectivity index (χ3n) is 2.12. The molecule has 0 saturated carbocycles. The Morgan fingerprint density at radius 2 is 2.17 bits per heavy atom. The maximum Gasteiger partial charge on any atom is 0.283 e. The van der Waals surface area contributed by atoms with Crippen LogP contribution in [0.5, 0.6) is 0 Å². The third-order valence-corrected chi connectivity index (χ3v) is 3.42. The van der Waals surface area contributed by atoms with Crippen molar-refractivity contribution in [2.45, 2.75) is 11.9 Å². The van der Waals surface area contributed by atoms with Gasteiger partial charge < -0.3 is 10.3 Å². The molecule has 0 bridgehead atoms. The highest BCUT2D eigenvalue weighted by Gasteiger charge is 2.20. The predicted molar refractivity (Wildman–Crippen MR) is 67.8 cm³/mol. The van der Waals surface area contributed by atoms with Gasteiger partial charge in [-0.25, -0.2) is 14.7 Å². The molecule has 0 saturated heterocycles. The highest BCUT2D eigenvalue weighted by atomic mass is 32.2. The van der Waals surface area contributed by atoms with Crippen LogP contribution in [-0.4, -0.2) is 29.9 Å². The minimum atomic E-state index is -3.75. The number of rotatable bonds is 5. The van der Waals surface area contributed by atoms with Crippen LogP contribution in [0.3, 0.4) is 0 Å². The number of pyridine rings is 1. The molecule has 0 radical (unpaired) electrons. The average Bonchev–Trinajstić information content (AvgIpc) is 2.82. The summed E-state index contributed by atoms with van der Waals surface area (Å²) in [5.74, 6) is 0.156. The lowest BCUT2D eigenvalue weighted by molar-refractivity contribution is 0.597. The van der Waals surface area contributed by atoms with Gasteiger partial charge in [0.05, 0.1) is 5.69 Å². The maximum atomic E-state index is 12.1. The summed E-state index contributed by atoms with van der Waals surface area (Å²) in [4.78, 5) is 10.4. The van der Waals surface area contributed by atoms with Crippen molar-refractivity contribution < 1.29 is 8.42 Å². The molecule has 0 fully saturated rings. The summed E-state index contributed by atoms with van der Waals surface area (Å²) < 4.78 is 26.6. The molecule has 3 N–H and O–H groups in total. The Hall–Kier alpha value is -2.09. The van der Waals surface area contributed by atoms with Crippen molar-refractivity contribution in [3.05, 3.63) is 30.7 Å². The number of imidazole rings is 1. The standard InChI is InChI=1S/C10H13N5O2S/c1-2-11-8-4-3-5-12-9(8)18(16,17)15-10-13-6-7-14-10/h3-7,11H,2H2,1H3,(H2,13,14,15). The van der Waals surface area contributed by atoms with E-state index in [-0.39, 0.29) is 11.0 Å². The number of hydrogen-bond acceptors (Lipinski definition) is 5. The SMILES string of the molecule is CCNc1cccnc1S(=O)(=O)Nc1ncc[nH]1. The smallest absolute Gasteiger partial charge is 0.283 e. The molecule has 2 rings (SSSR count). The van der Waals surface area contributed by atoms with Crippen molar-refractivity contribution in [2.24, 2.45) is 0 Å². The molecule has 96 valence electrons. The second-order valence-corrected chi connectivity index (χ2v) is 5.03. The molecule has 0 spiro atoms. The third kappa shape index (κ3) is 2.59. The lowest BCUT2D eigenvalue weighted by Crippen LogP contribution is -2.17. The maximum absolute atomic E-state index is 12.1. The highest BCUT2D eigenvalue weighted by molar-refractivity contribution is 7.92. The Labute approximate surface area is 105 Å². The summed E-state index contributed by atoms with van der Waals surface area (Å²) >= 11 is 0. The van der Waals surface area contributed by atoms with Gasteiger partial charge in [0.2, 0.25) is 5.95 Å². The number of aromatic nitrogens is 3. The van der Waals surface area contributed by atoms with Crippen molar-refractivity contribution >= 4 is 21.7 Å². The van der Waals surface area contributed by atoms with Crippen LogP contribution >= 0.6 is 0 Å². The quantitative estimate of drug-likeness (QED) is 0.751. The first-order valence-electron chi connectivity index (χ1n) is 5.34. The second kappa shape index (κ2) is 5.05. The Bertz CT molecular complexity index is 609. The van der Waals surface area contributed by atoms with Crippen molar-refractivity contribution in [3.63, 3.8) is 0 Å². The Kier molecular flexibility index (Phi) is 3.47. The van der Waals surface area contributed by atoms with E-state index in [0.29, 0.717) is 12.2 Å².